The van der Waals surface area contributed by atoms with Crippen LogP contribution in [0.4, 0.5) is 4.39 Å². The number of amides is 1. The van der Waals surface area contributed by atoms with E-state index in [1.54, 1.807) is 16.8 Å². The maximum Gasteiger partial charge on any atom is 0.224 e. The van der Waals surface area contributed by atoms with E-state index in [-0.39, 0.29) is 23.6 Å². The molecular weight excluding hydrogens is 429 g/mol. The van der Waals surface area contributed by atoms with Crippen molar-refractivity contribution < 1.29 is 13.9 Å². The second-order valence-corrected chi connectivity index (χ2v) is 8.83. The van der Waals surface area contributed by atoms with Gasteiger partial charge in [-0.3, -0.25) is 4.79 Å². The zero-order valence-corrected chi connectivity index (χ0v) is 19.1. The van der Waals surface area contributed by atoms with E-state index in [4.69, 9.17) is 16.3 Å². The van der Waals surface area contributed by atoms with Crippen molar-refractivity contribution in [3.63, 3.8) is 0 Å². The Labute approximate surface area is 192 Å². The molecule has 0 aliphatic carbocycles. The van der Waals surface area contributed by atoms with Gasteiger partial charge in [-0.1, -0.05) is 23.7 Å². The number of rotatable bonds is 6. The Balaban J connectivity index is 1.48. The van der Waals surface area contributed by atoms with E-state index in [1.807, 2.05) is 38.1 Å². The molecule has 0 radical (unpaired) electrons. The number of ether oxygens (including phenoxy) is 1. The summed E-state index contributed by atoms with van der Waals surface area (Å²) in [6.07, 6.45) is 1.93. The van der Waals surface area contributed by atoms with Gasteiger partial charge in [-0.25, -0.2) is 9.07 Å². The van der Waals surface area contributed by atoms with Crippen LogP contribution in [0.25, 0.3) is 5.69 Å². The largest absolute Gasteiger partial charge is 0.381 e. The normalized spacial score (nSPS) is 15.5. The standard InChI is InChI=1S/C25H27ClFN3O2/c1-17-23(18(2)30(29-17)22-9-7-21(27)8-10-22)15-24(31)28-16-25(11-13-32-14-12-25)19-3-5-20(26)6-4-19/h3-10H,11-16H2,1-2H3,(H,28,31). The first-order chi connectivity index (χ1) is 15.4. The molecule has 168 valence electrons. The highest BCUT2D eigenvalue weighted by Crippen LogP contribution is 2.35. The molecule has 0 bridgehead atoms. The fourth-order valence-corrected chi connectivity index (χ4v) is 4.51. The number of hydrogen-bond donors (Lipinski definition) is 1. The lowest BCUT2D eigenvalue weighted by Gasteiger charge is -2.38. The number of carbonyl (C=O) groups is 1. The molecule has 7 heteroatoms. The maximum atomic E-state index is 13.3. The Morgan fingerprint density at radius 1 is 1.12 bits per heavy atom. The van der Waals surface area contributed by atoms with E-state index in [2.05, 4.69) is 10.4 Å². The monoisotopic (exact) mass is 455 g/mol. The van der Waals surface area contributed by atoms with Crippen LogP contribution in [0.2, 0.25) is 5.02 Å². The van der Waals surface area contributed by atoms with Gasteiger partial charge >= 0.3 is 0 Å². The van der Waals surface area contributed by atoms with E-state index >= 15 is 0 Å². The molecule has 1 fully saturated rings. The summed E-state index contributed by atoms with van der Waals surface area (Å²) in [5, 5.41) is 8.42. The molecule has 1 aliphatic rings. The van der Waals surface area contributed by atoms with Gasteiger partial charge in [-0.2, -0.15) is 5.10 Å². The molecule has 0 unspecified atom stereocenters. The van der Waals surface area contributed by atoms with Gasteiger partial charge in [0.2, 0.25) is 5.91 Å². The number of carbonyl (C=O) groups excluding carboxylic acids is 1. The first-order valence-electron chi connectivity index (χ1n) is 10.8. The third-order valence-electron chi connectivity index (χ3n) is 6.38. The number of hydrogen-bond acceptors (Lipinski definition) is 3. The van der Waals surface area contributed by atoms with Crippen molar-refractivity contribution in [1.82, 2.24) is 15.1 Å². The first-order valence-corrected chi connectivity index (χ1v) is 11.2. The van der Waals surface area contributed by atoms with Crippen molar-refractivity contribution in [2.24, 2.45) is 0 Å². The summed E-state index contributed by atoms with van der Waals surface area (Å²) >= 11 is 6.08. The third-order valence-corrected chi connectivity index (χ3v) is 6.63. The quantitative estimate of drug-likeness (QED) is 0.586. The van der Waals surface area contributed by atoms with Crippen LogP contribution in [-0.4, -0.2) is 35.4 Å². The molecule has 1 N–H and O–H groups in total. The molecule has 2 aromatic carbocycles. The summed E-state index contributed by atoms with van der Waals surface area (Å²) in [4.78, 5) is 12.9. The molecule has 2 heterocycles. The molecule has 5 nitrogen and oxygen atoms in total. The minimum Gasteiger partial charge on any atom is -0.381 e. The van der Waals surface area contributed by atoms with E-state index < -0.39 is 0 Å². The van der Waals surface area contributed by atoms with Crippen molar-refractivity contribution in [3.8, 4) is 5.69 Å². The summed E-state index contributed by atoms with van der Waals surface area (Å²) in [5.74, 6) is -0.340. The molecule has 1 aromatic heterocycles. The molecule has 3 aromatic rings. The van der Waals surface area contributed by atoms with Crippen molar-refractivity contribution >= 4 is 17.5 Å². The second-order valence-electron chi connectivity index (χ2n) is 8.39. The van der Waals surface area contributed by atoms with Gasteiger partial charge in [-0.05, 0) is 68.7 Å². The smallest absolute Gasteiger partial charge is 0.224 e. The van der Waals surface area contributed by atoms with E-state index in [0.29, 0.717) is 24.8 Å². The third kappa shape index (κ3) is 4.71. The zero-order valence-electron chi connectivity index (χ0n) is 18.3. The SMILES string of the molecule is Cc1nn(-c2ccc(F)cc2)c(C)c1CC(=O)NCC1(c2ccc(Cl)cc2)CCOCC1. The van der Waals surface area contributed by atoms with Gasteiger partial charge in [0.05, 0.1) is 17.8 Å². The van der Waals surface area contributed by atoms with Crippen LogP contribution >= 0.6 is 11.6 Å². The van der Waals surface area contributed by atoms with Gasteiger partial charge in [-0.15, -0.1) is 0 Å². The number of aromatic nitrogens is 2. The fraction of sp³-hybridized carbons (Fsp3) is 0.360. The highest BCUT2D eigenvalue weighted by Gasteiger charge is 2.35. The van der Waals surface area contributed by atoms with E-state index in [0.717, 1.165) is 35.5 Å². The predicted octanol–water partition coefficient (Wildman–Crippen LogP) is 4.69. The molecule has 4 rings (SSSR count). The van der Waals surface area contributed by atoms with Crippen LogP contribution in [0, 0.1) is 19.7 Å². The van der Waals surface area contributed by atoms with Crippen molar-refractivity contribution in [3.05, 3.63) is 81.9 Å². The number of aryl methyl sites for hydroxylation is 1. The Morgan fingerprint density at radius 2 is 1.78 bits per heavy atom. The van der Waals surface area contributed by atoms with E-state index in [1.165, 1.54) is 17.7 Å². The van der Waals surface area contributed by atoms with Crippen LogP contribution in [0.5, 0.6) is 0 Å². The lowest BCUT2D eigenvalue weighted by atomic mass is 9.74. The van der Waals surface area contributed by atoms with Crippen LogP contribution in [0.15, 0.2) is 48.5 Å². The molecule has 0 saturated carbocycles. The average molecular weight is 456 g/mol. The van der Waals surface area contributed by atoms with Gasteiger partial charge in [0.25, 0.3) is 0 Å². The highest BCUT2D eigenvalue weighted by molar-refractivity contribution is 6.30. The van der Waals surface area contributed by atoms with Gasteiger partial charge in [0.15, 0.2) is 0 Å². The highest BCUT2D eigenvalue weighted by atomic mass is 35.5. The van der Waals surface area contributed by atoms with Crippen molar-refractivity contribution in [2.45, 2.75) is 38.5 Å². The van der Waals surface area contributed by atoms with Gasteiger partial charge in [0.1, 0.15) is 5.82 Å². The Hall–Kier alpha value is -2.70. The minimum atomic E-state index is -0.294. The number of benzene rings is 2. The Bertz CT molecular complexity index is 1090. The molecule has 32 heavy (non-hydrogen) atoms. The van der Waals surface area contributed by atoms with Crippen molar-refractivity contribution in [2.75, 3.05) is 19.8 Å². The van der Waals surface area contributed by atoms with Crippen LogP contribution in [-0.2, 0) is 21.4 Å². The maximum absolute atomic E-state index is 13.3. The zero-order chi connectivity index (χ0) is 22.7. The summed E-state index contributed by atoms with van der Waals surface area (Å²) in [5.41, 5.74) is 4.33. The second kappa shape index (κ2) is 9.43. The molecule has 0 spiro atoms. The summed E-state index contributed by atoms with van der Waals surface area (Å²) in [6, 6.07) is 14.0. The Morgan fingerprint density at radius 3 is 2.44 bits per heavy atom. The number of nitrogens with one attached hydrogen (secondary N) is 1. The van der Waals surface area contributed by atoms with Crippen LogP contribution in [0.3, 0.4) is 0 Å². The van der Waals surface area contributed by atoms with Crippen LogP contribution in [0.1, 0.15) is 35.4 Å². The van der Waals surface area contributed by atoms with E-state index in [9.17, 15) is 9.18 Å². The van der Waals surface area contributed by atoms with Gasteiger partial charge < -0.3 is 10.1 Å². The average Bonchev–Trinajstić information content (AvgIpc) is 3.07. The predicted molar refractivity (Wildman–Crippen MR) is 123 cm³/mol. The Kier molecular flexibility index (Phi) is 6.63. The molecule has 1 aliphatic heterocycles. The summed E-state index contributed by atoms with van der Waals surface area (Å²) in [7, 11) is 0. The lowest BCUT2D eigenvalue weighted by molar-refractivity contribution is -0.121. The van der Waals surface area contributed by atoms with Gasteiger partial charge in [0, 0.05) is 41.5 Å². The fourth-order valence-electron chi connectivity index (χ4n) is 4.39. The lowest BCUT2D eigenvalue weighted by Crippen LogP contribution is -2.45. The molecule has 1 amide bonds. The molecule has 0 atom stereocenters. The van der Waals surface area contributed by atoms with Crippen LogP contribution < -0.4 is 5.32 Å². The molecule has 1 saturated heterocycles. The van der Waals surface area contributed by atoms with Crippen molar-refractivity contribution in [1.29, 1.82) is 0 Å². The topological polar surface area (TPSA) is 56.2 Å². The molecular formula is C25H27ClFN3O2. The number of nitrogens with zero attached hydrogens (tertiary/aromatic N) is 2. The summed E-state index contributed by atoms with van der Waals surface area (Å²) < 4.78 is 20.6. The number of halogens is 2. The minimum absolute atomic E-state index is 0.0466. The summed E-state index contributed by atoms with van der Waals surface area (Å²) in [6.45, 7) is 5.70. The first kappa shape index (κ1) is 22.5.